The molecule has 0 fully saturated rings. The number of hydrogen-bond acceptors (Lipinski definition) is 6. The van der Waals surface area contributed by atoms with Crippen molar-refractivity contribution in [1.82, 2.24) is 20.6 Å². The molecule has 8 heteroatoms. The zero-order chi connectivity index (χ0) is 12.3. The van der Waals surface area contributed by atoms with Crippen molar-refractivity contribution in [2.75, 3.05) is 5.32 Å². The predicted molar refractivity (Wildman–Crippen MR) is 59.3 cm³/mol. The predicted octanol–water partition coefficient (Wildman–Crippen LogP) is 1.28. The number of H-pyrrole nitrogens is 1. The average molecular weight is 234 g/mol. The number of nitro groups is 1. The van der Waals surface area contributed by atoms with Gasteiger partial charge in [-0.25, -0.2) is 0 Å². The van der Waals surface area contributed by atoms with Crippen LogP contribution in [-0.2, 0) is 0 Å². The van der Waals surface area contributed by atoms with E-state index >= 15 is 0 Å². The largest absolute Gasteiger partial charge is 0.370 e. The summed E-state index contributed by atoms with van der Waals surface area (Å²) in [6.07, 6.45) is 0. The van der Waals surface area contributed by atoms with E-state index in [0.29, 0.717) is 11.5 Å². The molecule has 17 heavy (non-hydrogen) atoms. The Morgan fingerprint density at radius 1 is 1.47 bits per heavy atom. The summed E-state index contributed by atoms with van der Waals surface area (Å²) in [5.74, 6) is 0.447. The van der Waals surface area contributed by atoms with Crippen LogP contribution < -0.4 is 5.32 Å². The number of para-hydroxylation sites is 2. The molecule has 1 atom stereocenters. The summed E-state index contributed by atoms with van der Waals surface area (Å²) < 4.78 is 0. The summed E-state index contributed by atoms with van der Waals surface area (Å²) in [6, 6.07) is 6.13. The molecule has 0 aliphatic rings. The van der Waals surface area contributed by atoms with Gasteiger partial charge in [0.2, 0.25) is 0 Å². The number of anilines is 1. The minimum atomic E-state index is -0.439. The minimum Gasteiger partial charge on any atom is -0.370 e. The molecule has 0 radical (unpaired) electrons. The molecule has 1 unspecified atom stereocenters. The maximum absolute atomic E-state index is 10.8. The lowest BCUT2D eigenvalue weighted by molar-refractivity contribution is -0.384. The van der Waals surface area contributed by atoms with Gasteiger partial charge in [0.1, 0.15) is 5.69 Å². The molecule has 0 saturated heterocycles. The van der Waals surface area contributed by atoms with Gasteiger partial charge in [0.25, 0.3) is 5.69 Å². The molecular weight excluding hydrogens is 224 g/mol. The van der Waals surface area contributed by atoms with E-state index in [0.717, 1.165) is 0 Å². The number of hydrogen-bond donors (Lipinski definition) is 2. The number of rotatable bonds is 4. The topological polar surface area (TPSA) is 110 Å². The van der Waals surface area contributed by atoms with Gasteiger partial charge in [-0.2, -0.15) is 5.21 Å². The fourth-order valence-corrected chi connectivity index (χ4v) is 1.41. The van der Waals surface area contributed by atoms with Crippen LogP contribution in [0.4, 0.5) is 11.4 Å². The van der Waals surface area contributed by atoms with E-state index in [1.165, 1.54) is 6.07 Å². The Kier molecular flexibility index (Phi) is 2.95. The molecule has 2 aromatic rings. The monoisotopic (exact) mass is 234 g/mol. The van der Waals surface area contributed by atoms with Crippen molar-refractivity contribution in [3.63, 3.8) is 0 Å². The fraction of sp³-hybridized carbons (Fsp3) is 0.222. The summed E-state index contributed by atoms with van der Waals surface area (Å²) in [5.41, 5.74) is 0.442. The van der Waals surface area contributed by atoms with E-state index < -0.39 is 4.92 Å². The van der Waals surface area contributed by atoms with Crippen molar-refractivity contribution in [2.24, 2.45) is 0 Å². The Hall–Kier alpha value is -2.51. The average Bonchev–Trinajstić information content (AvgIpc) is 2.83. The zero-order valence-electron chi connectivity index (χ0n) is 8.99. The van der Waals surface area contributed by atoms with Crippen molar-refractivity contribution in [3.8, 4) is 0 Å². The second-order valence-corrected chi connectivity index (χ2v) is 3.41. The van der Waals surface area contributed by atoms with Crippen molar-refractivity contribution < 1.29 is 4.92 Å². The number of benzene rings is 1. The van der Waals surface area contributed by atoms with Gasteiger partial charge < -0.3 is 5.32 Å². The number of nitro benzene ring substituents is 1. The highest BCUT2D eigenvalue weighted by Gasteiger charge is 2.16. The quantitative estimate of drug-likeness (QED) is 0.609. The van der Waals surface area contributed by atoms with Gasteiger partial charge >= 0.3 is 0 Å². The van der Waals surface area contributed by atoms with Gasteiger partial charge in [-0.05, 0) is 13.0 Å². The molecule has 0 bridgehead atoms. The van der Waals surface area contributed by atoms with Crippen LogP contribution in [0.25, 0.3) is 0 Å². The molecule has 1 heterocycles. The van der Waals surface area contributed by atoms with Gasteiger partial charge in [-0.15, -0.1) is 10.2 Å². The Bertz CT molecular complexity index is 512. The highest BCUT2D eigenvalue weighted by atomic mass is 16.6. The lowest BCUT2D eigenvalue weighted by Gasteiger charge is -2.11. The van der Waals surface area contributed by atoms with Gasteiger partial charge in [0, 0.05) is 6.07 Å². The molecule has 0 saturated carbocycles. The van der Waals surface area contributed by atoms with E-state index in [9.17, 15) is 10.1 Å². The Morgan fingerprint density at radius 3 is 2.88 bits per heavy atom. The standard InChI is InChI=1S/C9H10N6O2/c1-6(9-11-13-14-12-9)10-7-4-2-3-5-8(7)15(16)17/h2-6,10H,1H3,(H,11,12,13,14). The molecule has 2 rings (SSSR count). The van der Waals surface area contributed by atoms with Crippen LogP contribution in [0.5, 0.6) is 0 Å². The van der Waals surface area contributed by atoms with E-state index in [1.54, 1.807) is 25.1 Å². The second kappa shape index (κ2) is 4.56. The molecule has 1 aromatic carbocycles. The first-order chi connectivity index (χ1) is 8.18. The molecule has 88 valence electrons. The smallest absolute Gasteiger partial charge is 0.292 e. The van der Waals surface area contributed by atoms with Gasteiger partial charge in [-0.1, -0.05) is 17.3 Å². The molecule has 1 aromatic heterocycles. The van der Waals surface area contributed by atoms with Crippen molar-refractivity contribution in [3.05, 3.63) is 40.2 Å². The number of aromatic amines is 1. The lowest BCUT2D eigenvalue weighted by Crippen LogP contribution is -2.10. The molecule has 0 amide bonds. The third kappa shape index (κ3) is 2.36. The zero-order valence-corrected chi connectivity index (χ0v) is 8.99. The molecule has 2 N–H and O–H groups in total. The Labute approximate surface area is 96.2 Å². The SMILES string of the molecule is CC(Nc1ccccc1[N+](=O)[O-])c1nn[nH]n1. The maximum atomic E-state index is 10.8. The highest BCUT2D eigenvalue weighted by Crippen LogP contribution is 2.26. The Balaban J connectivity index is 2.21. The summed E-state index contributed by atoms with van der Waals surface area (Å²) in [4.78, 5) is 10.4. The van der Waals surface area contributed by atoms with Crippen LogP contribution in [0.2, 0.25) is 0 Å². The summed E-state index contributed by atoms with van der Waals surface area (Å²) in [7, 11) is 0. The first-order valence-electron chi connectivity index (χ1n) is 4.92. The third-order valence-electron chi connectivity index (χ3n) is 2.22. The normalized spacial score (nSPS) is 12.1. The number of aromatic nitrogens is 4. The molecule has 8 nitrogen and oxygen atoms in total. The molecule has 0 aliphatic carbocycles. The Morgan fingerprint density at radius 2 is 2.24 bits per heavy atom. The van der Waals surface area contributed by atoms with Crippen LogP contribution >= 0.6 is 0 Å². The number of tetrazole rings is 1. The minimum absolute atomic E-state index is 0.0165. The summed E-state index contributed by atoms with van der Waals surface area (Å²) in [5, 5.41) is 27.1. The molecule has 0 spiro atoms. The third-order valence-corrected chi connectivity index (χ3v) is 2.22. The van der Waals surface area contributed by atoms with Gasteiger partial charge in [0.15, 0.2) is 5.82 Å². The van der Waals surface area contributed by atoms with Crippen molar-refractivity contribution >= 4 is 11.4 Å². The molecular formula is C9H10N6O2. The van der Waals surface area contributed by atoms with Gasteiger partial charge in [0.05, 0.1) is 11.0 Å². The van der Waals surface area contributed by atoms with E-state index in [1.807, 2.05) is 0 Å². The van der Waals surface area contributed by atoms with Crippen LogP contribution in [0, 0.1) is 10.1 Å². The fourth-order valence-electron chi connectivity index (χ4n) is 1.41. The van der Waals surface area contributed by atoms with Crippen molar-refractivity contribution in [1.29, 1.82) is 0 Å². The summed E-state index contributed by atoms with van der Waals surface area (Å²) >= 11 is 0. The molecule has 0 aliphatic heterocycles. The highest BCUT2D eigenvalue weighted by molar-refractivity contribution is 5.61. The van der Waals surface area contributed by atoms with Crippen LogP contribution in [0.1, 0.15) is 18.8 Å². The van der Waals surface area contributed by atoms with Gasteiger partial charge in [-0.3, -0.25) is 10.1 Å². The number of nitrogens with zero attached hydrogens (tertiary/aromatic N) is 4. The first-order valence-corrected chi connectivity index (χ1v) is 4.92. The van der Waals surface area contributed by atoms with Crippen LogP contribution in [0.3, 0.4) is 0 Å². The van der Waals surface area contributed by atoms with E-state index in [2.05, 4.69) is 25.9 Å². The summed E-state index contributed by atoms with van der Waals surface area (Å²) in [6.45, 7) is 1.79. The van der Waals surface area contributed by atoms with Crippen LogP contribution in [-0.4, -0.2) is 25.5 Å². The first kappa shape index (κ1) is 11.0. The van der Waals surface area contributed by atoms with E-state index in [4.69, 9.17) is 0 Å². The maximum Gasteiger partial charge on any atom is 0.292 e. The van der Waals surface area contributed by atoms with Crippen molar-refractivity contribution in [2.45, 2.75) is 13.0 Å². The second-order valence-electron chi connectivity index (χ2n) is 3.41. The number of nitrogens with one attached hydrogen (secondary N) is 2. The van der Waals surface area contributed by atoms with Crippen LogP contribution in [0.15, 0.2) is 24.3 Å². The van der Waals surface area contributed by atoms with E-state index in [-0.39, 0.29) is 11.7 Å². The lowest BCUT2D eigenvalue weighted by atomic mass is 10.2.